The first kappa shape index (κ1) is 8.86. The molecule has 6 heteroatoms. The second kappa shape index (κ2) is 2.90. The molecule has 0 unspecified atom stereocenters. The summed E-state index contributed by atoms with van der Waals surface area (Å²) in [4.78, 5) is 10.2. The van der Waals surface area contributed by atoms with Gasteiger partial charge in [0, 0.05) is 6.54 Å². The van der Waals surface area contributed by atoms with Crippen LogP contribution in [0.1, 0.15) is 12.6 Å². The summed E-state index contributed by atoms with van der Waals surface area (Å²) in [6.45, 7) is 6.77. The minimum Gasteiger partial charge on any atom is -0.370 e. The molecule has 0 aromatic carbocycles. The molecule has 0 radical (unpaired) electrons. The second-order valence-corrected chi connectivity index (χ2v) is 3.18. The van der Waals surface area contributed by atoms with Crippen LogP contribution in [0, 0.1) is 0 Å². The van der Waals surface area contributed by atoms with Gasteiger partial charge in [-0.3, -0.25) is 0 Å². The number of fused-ring (bicyclic) bond motifs is 1. The quantitative estimate of drug-likeness (QED) is 0.609. The molecule has 1 aromatic heterocycles. The molecular formula is C8H12BN5. The van der Waals surface area contributed by atoms with E-state index >= 15 is 0 Å². The second-order valence-electron chi connectivity index (χ2n) is 3.18. The van der Waals surface area contributed by atoms with E-state index in [1.54, 1.807) is 11.1 Å². The molecule has 0 saturated heterocycles. The molecule has 2 rings (SSSR count). The first-order chi connectivity index (χ1) is 6.65. The number of rotatable bonds is 1. The zero-order valence-corrected chi connectivity index (χ0v) is 8.36. The van der Waals surface area contributed by atoms with Crippen molar-refractivity contribution in [2.24, 2.45) is 10.7 Å². The molecule has 1 aromatic rings. The van der Waals surface area contributed by atoms with E-state index in [-0.39, 0.29) is 0 Å². The standard InChI is InChI=1S/C8H12BN5/c1-3-13-4-11-7-6(13)5(2)12-8(10)14(7)9/h4H,2-3,9H2,1H3,(H2,10,12). The van der Waals surface area contributed by atoms with Crippen molar-refractivity contribution in [2.45, 2.75) is 13.5 Å². The SMILES string of the molecule is BN1C(N)=NC(=C)c2c1ncn2CC. The van der Waals surface area contributed by atoms with E-state index in [4.69, 9.17) is 5.73 Å². The zero-order chi connectivity index (χ0) is 10.3. The zero-order valence-electron chi connectivity index (χ0n) is 8.36. The van der Waals surface area contributed by atoms with E-state index < -0.39 is 0 Å². The smallest absolute Gasteiger partial charge is 0.229 e. The lowest BCUT2D eigenvalue weighted by Crippen LogP contribution is -2.38. The summed E-state index contributed by atoms with van der Waals surface area (Å²) in [5.41, 5.74) is 7.32. The summed E-state index contributed by atoms with van der Waals surface area (Å²) in [5, 5.41) is 0. The predicted molar refractivity (Wildman–Crippen MR) is 59.6 cm³/mol. The van der Waals surface area contributed by atoms with E-state index in [1.165, 1.54) is 0 Å². The third-order valence-electron chi connectivity index (χ3n) is 2.34. The van der Waals surface area contributed by atoms with Crippen molar-refractivity contribution in [3.8, 4) is 0 Å². The summed E-state index contributed by atoms with van der Waals surface area (Å²) in [7, 11) is 1.84. The van der Waals surface area contributed by atoms with E-state index in [1.807, 2.05) is 12.5 Å². The highest BCUT2D eigenvalue weighted by molar-refractivity contribution is 6.32. The molecule has 0 atom stereocenters. The van der Waals surface area contributed by atoms with Gasteiger partial charge < -0.3 is 15.1 Å². The molecular weight excluding hydrogens is 177 g/mol. The highest BCUT2D eigenvalue weighted by Gasteiger charge is 2.22. The van der Waals surface area contributed by atoms with Crippen molar-refractivity contribution in [3.05, 3.63) is 18.6 Å². The number of hydrogen-bond donors (Lipinski definition) is 1. The number of hydrogen-bond acceptors (Lipinski definition) is 4. The van der Waals surface area contributed by atoms with E-state index in [9.17, 15) is 0 Å². The van der Waals surface area contributed by atoms with Gasteiger partial charge in [-0.05, 0) is 6.92 Å². The maximum Gasteiger partial charge on any atom is 0.229 e. The molecule has 0 spiro atoms. The van der Waals surface area contributed by atoms with Gasteiger partial charge in [0.25, 0.3) is 0 Å². The molecule has 0 fully saturated rings. The van der Waals surface area contributed by atoms with E-state index in [0.717, 1.165) is 18.1 Å². The Hall–Kier alpha value is -1.72. The molecule has 72 valence electrons. The van der Waals surface area contributed by atoms with Crippen molar-refractivity contribution in [3.63, 3.8) is 0 Å². The van der Waals surface area contributed by atoms with Gasteiger partial charge in [0.15, 0.2) is 11.8 Å². The molecule has 0 saturated carbocycles. The van der Waals surface area contributed by atoms with Crippen LogP contribution in [0.2, 0.25) is 0 Å². The van der Waals surface area contributed by atoms with Gasteiger partial charge >= 0.3 is 0 Å². The normalized spacial score (nSPS) is 15.4. The Kier molecular flexibility index (Phi) is 1.84. The van der Waals surface area contributed by atoms with Gasteiger partial charge in [-0.15, -0.1) is 0 Å². The number of guanidine groups is 1. The number of aromatic nitrogens is 2. The van der Waals surface area contributed by atoms with Crippen LogP contribution in [-0.2, 0) is 6.54 Å². The van der Waals surface area contributed by atoms with Crippen LogP contribution in [0.4, 0.5) is 5.82 Å². The van der Waals surface area contributed by atoms with Crippen molar-refractivity contribution in [2.75, 3.05) is 4.81 Å². The maximum atomic E-state index is 5.70. The van der Waals surface area contributed by atoms with Crippen LogP contribution in [0.25, 0.3) is 5.70 Å². The Morgan fingerprint density at radius 2 is 2.36 bits per heavy atom. The number of aliphatic imine (C=N–C) groups is 1. The Balaban J connectivity index is 2.59. The van der Waals surface area contributed by atoms with Gasteiger partial charge in [0.05, 0.1) is 12.0 Å². The van der Waals surface area contributed by atoms with Crippen molar-refractivity contribution >= 4 is 25.5 Å². The topological polar surface area (TPSA) is 59.4 Å². The molecule has 14 heavy (non-hydrogen) atoms. The molecule has 1 aliphatic rings. The minimum absolute atomic E-state index is 0.434. The van der Waals surface area contributed by atoms with Gasteiger partial charge in [-0.1, -0.05) is 6.58 Å². The largest absolute Gasteiger partial charge is 0.370 e. The summed E-state index contributed by atoms with van der Waals surface area (Å²) in [6, 6.07) is 0. The molecule has 0 aliphatic carbocycles. The lowest BCUT2D eigenvalue weighted by atomic mass is 10.2. The maximum absolute atomic E-state index is 5.70. The van der Waals surface area contributed by atoms with Crippen LogP contribution in [-0.4, -0.2) is 23.5 Å². The Morgan fingerprint density at radius 1 is 1.64 bits per heavy atom. The van der Waals surface area contributed by atoms with Gasteiger partial charge in [-0.2, -0.15) is 0 Å². The van der Waals surface area contributed by atoms with Crippen molar-refractivity contribution in [1.82, 2.24) is 9.55 Å². The Bertz CT molecular complexity index is 419. The number of aryl methyl sites for hydroxylation is 1. The summed E-state index contributed by atoms with van der Waals surface area (Å²) in [6.07, 6.45) is 1.78. The third-order valence-corrected chi connectivity index (χ3v) is 2.34. The lowest BCUT2D eigenvalue weighted by Gasteiger charge is -2.23. The van der Waals surface area contributed by atoms with Crippen LogP contribution in [0.3, 0.4) is 0 Å². The average Bonchev–Trinajstić information content (AvgIpc) is 2.58. The fourth-order valence-electron chi connectivity index (χ4n) is 1.53. The molecule has 2 heterocycles. The average molecular weight is 189 g/mol. The highest BCUT2D eigenvalue weighted by atomic mass is 15.3. The van der Waals surface area contributed by atoms with Crippen LogP contribution >= 0.6 is 0 Å². The van der Waals surface area contributed by atoms with Crippen LogP contribution in [0.15, 0.2) is 17.9 Å². The van der Waals surface area contributed by atoms with E-state index in [0.29, 0.717) is 11.7 Å². The molecule has 5 nitrogen and oxygen atoms in total. The molecule has 0 bridgehead atoms. The molecule has 2 N–H and O–H groups in total. The molecule has 1 aliphatic heterocycles. The third kappa shape index (κ3) is 1.03. The predicted octanol–water partition coefficient (Wildman–Crippen LogP) is -0.444. The first-order valence-electron chi connectivity index (χ1n) is 4.47. The fourth-order valence-corrected chi connectivity index (χ4v) is 1.53. The number of nitrogens with two attached hydrogens (primary N) is 1. The summed E-state index contributed by atoms with van der Waals surface area (Å²) >= 11 is 0. The monoisotopic (exact) mass is 189 g/mol. The van der Waals surface area contributed by atoms with Crippen LogP contribution < -0.4 is 10.5 Å². The minimum atomic E-state index is 0.434. The van der Waals surface area contributed by atoms with Gasteiger partial charge in [-0.25, -0.2) is 9.98 Å². The summed E-state index contributed by atoms with van der Waals surface area (Å²) in [5.74, 6) is 1.26. The number of imidazole rings is 1. The van der Waals surface area contributed by atoms with Crippen LogP contribution in [0.5, 0.6) is 0 Å². The van der Waals surface area contributed by atoms with Gasteiger partial charge in [0.1, 0.15) is 5.69 Å². The number of nitrogens with zero attached hydrogens (tertiary/aromatic N) is 4. The Labute approximate surface area is 83.4 Å². The Morgan fingerprint density at radius 3 is 3.00 bits per heavy atom. The van der Waals surface area contributed by atoms with Crippen molar-refractivity contribution < 1.29 is 0 Å². The fraction of sp³-hybridized carbons (Fsp3) is 0.250. The van der Waals surface area contributed by atoms with E-state index in [2.05, 4.69) is 23.5 Å². The number of anilines is 1. The lowest BCUT2D eigenvalue weighted by molar-refractivity contribution is 0.750. The highest BCUT2D eigenvalue weighted by Crippen LogP contribution is 2.28. The van der Waals surface area contributed by atoms with Gasteiger partial charge in [0.2, 0.25) is 7.98 Å². The summed E-state index contributed by atoms with van der Waals surface area (Å²) < 4.78 is 2.00. The first-order valence-corrected chi connectivity index (χ1v) is 4.47. The molecule has 0 amide bonds. The van der Waals surface area contributed by atoms with Crippen molar-refractivity contribution in [1.29, 1.82) is 0 Å².